The number of aromatic nitrogens is 2. The Morgan fingerprint density at radius 1 is 1.20 bits per heavy atom. The average molecular weight is 205 g/mol. The Morgan fingerprint density at radius 2 is 1.87 bits per heavy atom. The van der Waals surface area contributed by atoms with E-state index >= 15 is 0 Å². The number of rotatable bonds is 1. The minimum atomic E-state index is 0.866. The third-order valence-electron chi connectivity index (χ3n) is 3.06. The summed E-state index contributed by atoms with van der Waals surface area (Å²) in [6, 6.07) is 2.09. The molecule has 0 saturated carbocycles. The van der Waals surface area contributed by atoms with E-state index in [1.807, 2.05) is 13.8 Å². The summed E-state index contributed by atoms with van der Waals surface area (Å²) < 4.78 is 0. The van der Waals surface area contributed by atoms with Crippen LogP contribution in [0.4, 0.5) is 5.82 Å². The van der Waals surface area contributed by atoms with Crippen molar-refractivity contribution >= 4 is 5.82 Å². The zero-order valence-electron chi connectivity index (χ0n) is 9.82. The summed E-state index contributed by atoms with van der Waals surface area (Å²) in [4.78, 5) is 11.2. The quantitative estimate of drug-likeness (QED) is 0.704. The smallest absolute Gasteiger partial charge is 0.132 e. The third kappa shape index (κ3) is 2.46. The van der Waals surface area contributed by atoms with Gasteiger partial charge in [0.2, 0.25) is 0 Å². The Hall–Kier alpha value is -1.12. The number of anilines is 1. The molecular formula is C12H19N3. The fourth-order valence-corrected chi connectivity index (χ4v) is 2.10. The Kier molecular flexibility index (Phi) is 2.89. The van der Waals surface area contributed by atoms with Crippen LogP contribution in [0.3, 0.4) is 0 Å². The molecule has 1 aromatic rings. The molecule has 82 valence electrons. The number of piperidine rings is 1. The third-order valence-corrected chi connectivity index (χ3v) is 3.06. The maximum absolute atomic E-state index is 4.50. The monoisotopic (exact) mass is 205 g/mol. The van der Waals surface area contributed by atoms with E-state index in [1.165, 1.54) is 12.8 Å². The minimum absolute atomic E-state index is 0.866. The second-order valence-corrected chi connectivity index (χ2v) is 4.58. The maximum Gasteiger partial charge on any atom is 0.132 e. The van der Waals surface area contributed by atoms with E-state index in [1.54, 1.807) is 0 Å². The van der Waals surface area contributed by atoms with Crippen LogP contribution in [0.25, 0.3) is 0 Å². The van der Waals surface area contributed by atoms with E-state index in [0.29, 0.717) is 0 Å². The molecule has 0 aromatic carbocycles. The number of aryl methyl sites for hydroxylation is 2. The molecule has 0 amide bonds. The van der Waals surface area contributed by atoms with Crippen LogP contribution in [0.1, 0.15) is 31.3 Å². The molecule has 0 aliphatic carbocycles. The van der Waals surface area contributed by atoms with Crippen LogP contribution in [0.5, 0.6) is 0 Å². The minimum Gasteiger partial charge on any atom is -0.356 e. The zero-order valence-corrected chi connectivity index (χ0v) is 9.82. The van der Waals surface area contributed by atoms with Crippen molar-refractivity contribution in [3.63, 3.8) is 0 Å². The first-order valence-electron chi connectivity index (χ1n) is 5.72. The van der Waals surface area contributed by atoms with Gasteiger partial charge in [0.05, 0.1) is 0 Å². The Bertz CT molecular complexity index is 320. The van der Waals surface area contributed by atoms with Crippen LogP contribution in [0.15, 0.2) is 6.07 Å². The molecule has 0 unspecified atom stereocenters. The van der Waals surface area contributed by atoms with E-state index < -0.39 is 0 Å². The van der Waals surface area contributed by atoms with Crippen LogP contribution < -0.4 is 4.90 Å². The summed E-state index contributed by atoms with van der Waals surface area (Å²) in [5, 5.41) is 0. The lowest BCUT2D eigenvalue weighted by Gasteiger charge is -2.31. The SMILES string of the molecule is Cc1cc(N2CCC(C)CC2)nc(C)n1. The highest BCUT2D eigenvalue weighted by Gasteiger charge is 2.17. The predicted octanol–water partition coefficient (Wildman–Crippen LogP) is 2.33. The molecule has 1 fully saturated rings. The van der Waals surface area contributed by atoms with E-state index in [9.17, 15) is 0 Å². The molecular weight excluding hydrogens is 186 g/mol. The van der Waals surface area contributed by atoms with Gasteiger partial charge in [-0.15, -0.1) is 0 Å². The molecule has 1 aliphatic heterocycles. The first-order valence-corrected chi connectivity index (χ1v) is 5.72. The summed E-state index contributed by atoms with van der Waals surface area (Å²) in [7, 11) is 0. The Labute approximate surface area is 91.5 Å². The highest BCUT2D eigenvalue weighted by molar-refractivity contribution is 5.39. The largest absolute Gasteiger partial charge is 0.356 e. The van der Waals surface area contributed by atoms with Crippen LogP contribution in [0, 0.1) is 19.8 Å². The molecule has 0 bridgehead atoms. The summed E-state index contributed by atoms with van der Waals surface area (Å²) >= 11 is 0. The van der Waals surface area contributed by atoms with E-state index in [-0.39, 0.29) is 0 Å². The van der Waals surface area contributed by atoms with Crippen LogP contribution in [-0.4, -0.2) is 23.1 Å². The van der Waals surface area contributed by atoms with Crippen molar-refractivity contribution in [2.75, 3.05) is 18.0 Å². The Morgan fingerprint density at radius 3 is 2.47 bits per heavy atom. The van der Waals surface area contributed by atoms with Gasteiger partial charge in [0, 0.05) is 24.8 Å². The fraction of sp³-hybridized carbons (Fsp3) is 0.667. The van der Waals surface area contributed by atoms with Gasteiger partial charge < -0.3 is 4.90 Å². The van der Waals surface area contributed by atoms with Crippen LogP contribution >= 0.6 is 0 Å². The lowest BCUT2D eigenvalue weighted by atomic mass is 9.99. The van der Waals surface area contributed by atoms with Crippen molar-refractivity contribution in [3.05, 3.63) is 17.6 Å². The van der Waals surface area contributed by atoms with Gasteiger partial charge >= 0.3 is 0 Å². The average Bonchev–Trinajstić information content (AvgIpc) is 2.17. The van der Waals surface area contributed by atoms with E-state index in [4.69, 9.17) is 0 Å². The van der Waals surface area contributed by atoms with E-state index in [2.05, 4.69) is 27.9 Å². The van der Waals surface area contributed by atoms with Crippen molar-refractivity contribution in [3.8, 4) is 0 Å². The van der Waals surface area contributed by atoms with Gasteiger partial charge in [0.25, 0.3) is 0 Å². The number of hydrogen-bond acceptors (Lipinski definition) is 3. The highest BCUT2D eigenvalue weighted by atomic mass is 15.2. The summed E-state index contributed by atoms with van der Waals surface area (Å²) in [5.74, 6) is 2.85. The molecule has 3 nitrogen and oxygen atoms in total. The Balaban J connectivity index is 2.15. The van der Waals surface area contributed by atoms with Crippen LogP contribution in [0.2, 0.25) is 0 Å². The van der Waals surface area contributed by atoms with Crippen molar-refractivity contribution in [1.82, 2.24) is 9.97 Å². The molecule has 15 heavy (non-hydrogen) atoms. The molecule has 2 heterocycles. The second kappa shape index (κ2) is 4.17. The lowest BCUT2D eigenvalue weighted by Crippen LogP contribution is -2.33. The predicted molar refractivity (Wildman–Crippen MR) is 62.1 cm³/mol. The first kappa shape index (κ1) is 10.4. The van der Waals surface area contributed by atoms with Gasteiger partial charge in [-0.05, 0) is 32.6 Å². The number of nitrogens with zero attached hydrogens (tertiary/aromatic N) is 3. The van der Waals surface area contributed by atoms with Gasteiger partial charge in [0.1, 0.15) is 11.6 Å². The normalized spacial score (nSPS) is 18.2. The summed E-state index contributed by atoms with van der Waals surface area (Å²) in [5.41, 5.74) is 1.07. The topological polar surface area (TPSA) is 29.0 Å². The number of hydrogen-bond donors (Lipinski definition) is 0. The lowest BCUT2D eigenvalue weighted by molar-refractivity contribution is 0.436. The summed E-state index contributed by atoms with van der Waals surface area (Å²) in [6.45, 7) is 8.59. The molecule has 2 rings (SSSR count). The molecule has 0 atom stereocenters. The van der Waals surface area contributed by atoms with Gasteiger partial charge in [0.15, 0.2) is 0 Å². The molecule has 1 saturated heterocycles. The van der Waals surface area contributed by atoms with E-state index in [0.717, 1.165) is 36.3 Å². The summed E-state index contributed by atoms with van der Waals surface area (Å²) in [6.07, 6.45) is 2.56. The van der Waals surface area contributed by atoms with Gasteiger partial charge in [-0.2, -0.15) is 0 Å². The van der Waals surface area contributed by atoms with Gasteiger partial charge in [-0.3, -0.25) is 0 Å². The zero-order chi connectivity index (χ0) is 10.8. The highest BCUT2D eigenvalue weighted by Crippen LogP contribution is 2.21. The van der Waals surface area contributed by atoms with Gasteiger partial charge in [-0.1, -0.05) is 6.92 Å². The first-order chi connectivity index (χ1) is 7.15. The van der Waals surface area contributed by atoms with Crippen molar-refractivity contribution in [2.45, 2.75) is 33.6 Å². The second-order valence-electron chi connectivity index (χ2n) is 4.58. The molecule has 0 N–H and O–H groups in total. The van der Waals surface area contributed by atoms with Crippen molar-refractivity contribution in [1.29, 1.82) is 0 Å². The molecule has 0 radical (unpaired) electrons. The van der Waals surface area contributed by atoms with Crippen molar-refractivity contribution < 1.29 is 0 Å². The molecule has 1 aliphatic rings. The van der Waals surface area contributed by atoms with Gasteiger partial charge in [-0.25, -0.2) is 9.97 Å². The fourth-order valence-electron chi connectivity index (χ4n) is 2.10. The molecule has 0 spiro atoms. The standard InChI is InChI=1S/C12H19N3/c1-9-4-6-15(7-5-9)12-8-10(2)13-11(3)14-12/h8-9H,4-7H2,1-3H3. The van der Waals surface area contributed by atoms with Crippen LogP contribution in [-0.2, 0) is 0 Å². The van der Waals surface area contributed by atoms with Crippen molar-refractivity contribution in [2.24, 2.45) is 5.92 Å². The molecule has 3 heteroatoms. The maximum atomic E-state index is 4.50. The molecule has 1 aromatic heterocycles.